The van der Waals surface area contributed by atoms with Crippen molar-refractivity contribution in [2.24, 2.45) is 5.92 Å². The van der Waals surface area contributed by atoms with Gasteiger partial charge in [0.2, 0.25) is 5.91 Å². The molecule has 1 saturated carbocycles. The maximum absolute atomic E-state index is 12.5. The third kappa shape index (κ3) is 3.45. The molecule has 2 atom stereocenters. The molecule has 2 fully saturated rings. The molecular weight excluding hydrogens is 230 g/mol. The first-order valence-corrected chi connectivity index (χ1v) is 7.26. The first-order chi connectivity index (χ1) is 8.70. The number of amides is 1. The maximum Gasteiger partial charge on any atom is 0.225 e. The van der Waals surface area contributed by atoms with E-state index in [0.29, 0.717) is 13.1 Å². The van der Waals surface area contributed by atoms with Crippen molar-refractivity contribution < 1.29 is 14.6 Å². The fourth-order valence-electron chi connectivity index (χ4n) is 3.11. The number of aliphatic hydroxyl groups excluding tert-OH is 1. The van der Waals surface area contributed by atoms with E-state index in [4.69, 9.17) is 4.74 Å². The first kappa shape index (κ1) is 13.8. The number of rotatable bonds is 2. The smallest absolute Gasteiger partial charge is 0.225 e. The highest BCUT2D eigenvalue weighted by atomic mass is 16.5. The monoisotopic (exact) mass is 255 g/mol. The summed E-state index contributed by atoms with van der Waals surface area (Å²) in [6.07, 6.45) is 6.79. The van der Waals surface area contributed by atoms with Crippen LogP contribution in [0.15, 0.2) is 0 Å². The molecule has 2 unspecified atom stereocenters. The molecule has 1 aliphatic heterocycles. The summed E-state index contributed by atoms with van der Waals surface area (Å²) in [7, 11) is 0. The van der Waals surface area contributed by atoms with Gasteiger partial charge in [-0.2, -0.15) is 0 Å². The van der Waals surface area contributed by atoms with Crippen LogP contribution in [0.2, 0.25) is 0 Å². The van der Waals surface area contributed by atoms with Gasteiger partial charge in [-0.05, 0) is 19.8 Å². The molecule has 1 aliphatic carbocycles. The largest absolute Gasteiger partial charge is 0.394 e. The second-order valence-corrected chi connectivity index (χ2v) is 5.68. The van der Waals surface area contributed by atoms with Crippen LogP contribution < -0.4 is 0 Å². The fourth-order valence-corrected chi connectivity index (χ4v) is 3.11. The quantitative estimate of drug-likeness (QED) is 0.762. The normalized spacial score (nSPS) is 31.1. The number of hydrogen-bond donors (Lipinski definition) is 1. The second kappa shape index (κ2) is 6.53. The Bertz CT molecular complexity index is 274. The van der Waals surface area contributed by atoms with Gasteiger partial charge in [-0.3, -0.25) is 4.79 Å². The topological polar surface area (TPSA) is 49.8 Å². The summed E-state index contributed by atoms with van der Waals surface area (Å²) in [5.74, 6) is 0.489. The van der Waals surface area contributed by atoms with Crippen LogP contribution in [0.3, 0.4) is 0 Å². The number of nitrogens with zero attached hydrogens (tertiary/aromatic N) is 1. The van der Waals surface area contributed by atoms with Crippen molar-refractivity contribution in [3.63, 3.8) is 0 Å². The zero-order valence-corrected chi connectivity index (χ0v) is 11.3. The lowest BCUT2D eigenvalue weighted by Gasteiger charge is -2.37. The summed E-state index contributed by atoms with van der Waals surface area (Å²) in [4.78, 5) is 14.4. The summed E-state index contributed by atoms with van der Waals surface area (Å²) < 4.78 is 5.58. The van der Waals surface area contributed by atoms with Gasteiger partial charge in [-0.1, -0.05) is 25.7 Å². The molecule has 1 amide bonds. The van der Waals surface area contributed by atoms with E-state index in [0.717, 1.165) is 12.8 Å². The van der Waals surface area contributed by atoms with Crippen molar-refractivity contribution in [3.05, 3.63) is 0 Å². The van der Waals surface area contributed by atoms with E-state index >= 15 is 0 Å². The van der Waals surface area contributed by atoms with Gasteiger partial charge >= 0.3 is 0 Å². The minimum atomic E-state index is -0.205. The predicted octanol–water partition coefficient (Wildman–Crippen LogP) is 1.56. The molecule has 1 saturated heterocycles. The van der Waals surface area contributed by atoms with E-state index in [1.807, 2.05) is 11.8 Å². The third-order valence-electron chi connectivity index (χ3n) is 4.05. The average Bonchev–Trinajstić information content (AvgIpc) is 2.65. The Kier molecular flexibility index (Phi) is 5.01. The molecule has 2 aliphatic rings. The lowest BCUT2D eigenvalue weighted by Crippen LogP contribution is -2.51. The van der Waals surface area contributed by atoms with Crippen LogP contribution in [0.25, 0.3) is 0 Å². The Hall–Kier alpha value is -0.610. The first-order valence-electron chi connectivity index (χ1n) is 7.26. The Morgan fingerprint density at radius 3 is 2.50 bits per heavy atom. The minimum Gasteiger partial charge on any atom is -0.394 e. The van der Waals surface area contributed by atoms with Crippen LogP contribution in [-0.2, 0) is 9.53 Å². The number of hydrogen-bond acceptors (Lipinski definition) is 3. The number of ether oxygens (including phenoxy) is 1. The van der Waals surface area contributed by atoms with Crippen molar-refractivity contribution >= 4 is 5.91 Å². The van der Waals surface area contributed by atoms with E-state index in [1.54, 1.807) is 0 Å². The molecule has 0 aromatic carbocycles. The molecule has 0 radical (unpaired) electrons. The molecule has 18 heavy (non-hydrogen) atoms. The minimum absolute atomic E-state index is 0.00120. The van der Waals surface area contributed by atoms with E-state index in [-0.39, 0.29) is 30.6 Å². The zero-order chi connectivity index (χ0) is 13.0. The number of carbonyl (C=O) groups excluding carboxylic acids is 1. The van der Waals surface area contributed by atoms with E-state index in [2.05, 4.69) is 0 Å². The number of morpholine rings is 1. The summed E-state index contributed by atoms with van der Waals surface area (Å²) in [5, 5.41) is 9.20. The molecule has 0 bridgehead atoms. The Morgan fingerprint density at radius 2 is 1.89 bits per heavy atom. The Balaban J connectivity index is 1.94. The lowest BCUT2D eigenvalue weighted by molar-refractivity contribution is -0.151. The van der Waals surface area contributed by atoms with Gasteiger partial charge in [-0.25, -0.2) is 0 Å². The summed E-state index contributed by atoms with van der Waals surface area (Å²) in [5.41, 5.74) is 0. The predicted molar refractivity (Wildman–Crippen MR) is 69.2 cm³/mol. The number of aliphatic hydroxyl groups is 1. The summed E-state index contributed by atoms with van der Waals surface area (Å²) in [6.45, 7) is 3.19. The SMILES string of the molecule is CC1CN(C(=O)C2CCCCCC2)CC(CO)O1. The molecule has 0 spiro atoms. The molecular formula is C14H25NO3. The highest BCUT2D eigenvalue weighted by Gasteiger charge is 2.31. The van der Waals surface area contributed by atoms with Crippen molar-refractivity contribution in [2.45, 2.75) is 57.7 Å². The van der Waals surface area contributed by atoms with Crippen LogP contribution in [0.5, 0.6) is 0 Å². The molecule has 2 rings (SSSR count). The van der Waals surface area contributed by atoms with Crippen molar-refractivity contribution in [1.82, 2.24) is 4.90 Å². The van der Waals surface area contributed by atoms with Crippen molar-refractivity contribution in [2.75, 3.05) is 19.7 Å². The van der Waals surface area contributed by atoms with E-state index in [9.17, 15) is 9.90 Å². The molecule has 4 heteroatoms. The van der Waals surface area contributed by atoms with E-state index in [1.165, 1.54) is 25.7 Å². The fraction of sp³-hybridized carbons (Fsp3) is 0.929. The molecule has 104 valence electrons. The highest BCUT2D eigenvalue weighted by molar-refractivity contribution is 5.79. The van der Waals surface area contributed by atoms with Gasteiger partial charge < -0.3 is 14.7 Å². The average molecular weight is 255 g/mol. The van der Waals surface area contributed by atoms with Gasteiger partial charge in [-0.15, -0.1) is 0 Å². The van der Waals surface area contributed by atoms with Crippen molar-refractivity contribution in [1.29, 1.82) is 0 Å². The standard InChI is InChI=1S/C14H25NO3/c1-11-8-15(9-13(10-16)18-11)14(17)12-6-4-2-3-5-7-12/h11-13,16H,2-10H2,1H3. The van der Waals surface area contributed by atoms with Crippen LogP contribution in [0.1, 0.15) is 45.4 Å². The Morgan fingerprint density at radius 1 is 1.22 bits per heavy atom. The Labute approximate surface area is 109 Å². The summed E-state index contributed by atoms with van der Waals surface area (Å²) in [6, 6.07) is 0. The van der Waals surface area contributed by atoms with Gasteiger partial charge in [0, 0.05) is 19.0 Å². The molecule has 1 heterocycles. The second-order valence-electron chi connectivity index (χ2n) is 5.68. The van der Waals surface area contributed by atoms with Gasteiger partial charge in [0.25, 0.3) is 0 Å². The maximum atomic E-state index is 12.5. The summed E-state index contributed by atoms with van der Waals surface area (Å²) >= 11 is 0. The lowest BCUT2D eigenvalue weighted by atomic mass is 9.98. The van der Waals surface area contributed by atoms with Gasteiger partial charge in [0.1, 0.15) is 0 Å². The molecule has 0 aromatic rings. The van der Waals surface area contributed by atoms with Crippen LogP contribution in [-0.4, -0.2) is 47.8 Å². The molecule has 0 aromatic heterocycles. The highest BCUT2D eigenvalue weighted by Crippen LogP contribution is 2.25. The van der Waals surface area contributed by atoms with Gasteiger partial charge in [0.05, 0.1) is 18.8 Å². The molecule has 4 nitrogen and oxygen atoms in total. The number of carbonyl (C=O) groups is 1. The molecule has 1 N–H and O–H groups in total. The van der Waals surface area contributed by atoms with Crippen LogP contribution in [0.4, 0.5) is 0 Å². The van der Waals surface area contributed by atoms with Crippen LogP contribution >= 0.6 is 0 Å². The third-order valence-corrected chi connectivity index (χ3v) is 4.05. The van der Waals surface area contributed by atoms with Crippen LogP contribution in [0, 0.1) is 5.92 Å². The zero-order valence-electron chi connectivity index (χ0n) is 11.3. The van der Waals surface area contributed by atoms with Gasteiger partial charge in [0.15, 0.2) is 0 Å². The van der Waals surface area contributed by atoms with Crippen molar-refractivity contribution in [3.8, 4) is 0 Å². The van der Waals surface area contributed by atoms with E-state index < -0.39 is 0 Å².